The Hall–Kier alpha value is -3.26. The molecule has 2 aromatic carbocycles. The van der Waals surface area contributed by atoms with Crippen LogP contribution in [0.5, 0.6) is 5.75 Å². The molecular formula is C31H39ClN4O5. The van der Waals surface area contributed by atoms with E-state index in [1.54, 1.807) is 21.1 Å². The van der Waals surface area contributed by atoms with Gasteiger partial charge >= 0.3 is 0 Å². The number of nitrogens with zero attached hydrogens (tertiary/aromatic N) is 2. The summed E-state index contributed by atoms with van der Waals surface area (Å²) in [4.78, 5) is 7.62. The van der Waals surface area contributed by atoms with Crippen LogP contribution in [0.2, 0.25) is 5.02 Å². The third-order valence-corrected chi connectivity index (χ3v) is 7.37. The molecule has 0 aliphatic carbocycles. The van der Waals surface area contributed by atoms with Crippen molar-refractivity contribution in [3.05, 3.63) is 64.3 Å². The number of amidine groups is 1. The van der Waals surface area contributed by atoms with Gasteiger partial charge in [0.2, 0.25) is 0 Å². The molecule has 1 aliphatic heterocycles. The highest BCUT2D eigenvalue weighted by molar-refractivity contribution is 6.31. The number of halogens is 1. The molecule has 9 nitrogen and oxygen atoms in total. The Morgan fingerprint density at radius 2 is 1.90 bits per heavy atom. The maximum atomic E-state index is 10.6. The zero-order valence-electron chi connectivity index (χ0n) is 23.9. The summed E-state index contributed by atoms with van der Waals surface area (Å²) in [5.41, 5.74) is 4.20. The van der Waals surface area contributed by atoms with Gasteiger partial charge in [0.1, 0.15) is 18.5 Å². The van der Waals surface area contributed by atoms with Crippen molar-refractivity contribution < 1.29 is 24.1 Å². The van der Waals surface area contributed by atoms with Gasteiger partial charge in [-0.3, -0.25) is 10.3 Å². The molecule has 2 atom stereocenters. The third kappa shape index (κ3) is 7.94. The molecular weight excluding hydrogens is 544 g/mol. The number of aromatic amines is 1. The zero-order chi connectivity index (χ0) is 29.2. The number of methoxy groups -OCH3 is 2. The van der Waals surface area contributed by atoms with E-state index in [2.05, 4.69) is 21.7 Å². The number of nitrogens with one attached hydrogen (secondary N) is 2. The molecule has 41 heavy (non-hydrogen) atoms. The molecule has 0 fully saturated rings. The number of ether oxygens (including phenoxy) is 4. The highest BCUT2D eigenvalue weighted by Gasteiger charge is 2.34. The van der Waals surface area contributed by atoms with Crippen LogP contribution in [0.1, 0.15) is 29.8 Å². The van der Waals surface area contributed by atoms with Crippen LogP contribution in [0, 0.1) is 17.3 Å². The normalized spacial score (nSPS) is 15.4. The van der Waals surface area contributed by atoms with E-state index in [1.165, 1.54) is 5.56 Å². The Bertz CT molecular complexity index is 1340. The van der Waals surface area contributed by atoms with Gasteiger partial charge in [0.15, 0.2) is 6.61 Å². The highest BCUT2D eigenvalue weighted by Crippen LogP contribution is 2.39. The highest BCUT2D eigenvalue weighted by atomic mass is 35.5. The van der Waals surface area contributed by atoms with Crippen molar-refractivity contribution in [1.29, 1.82) is 5.41 Å². The summed E-state index contributed by atoms with van der Waals surface area (Å²) in [6.07, 6.45) is 0.0872. The fraction of sp³-hybridized carbons (Fsp3) is 0.452. The van der Waals surface area contributed by atoms with Gasteiger partial charge in [0.25, 0.3) is 6.02 Å². The summed E-state index contributed by atoms with van der Waals surface area (Å²) >= 11 is 6.33. The van der Waals surface area contributed by atoms with Gasteiger partial charge in [0.05, 0.1) is 19.3 Å². The second-order valence-corrected chi connectivity index (χ2v) is 10.3. The van der Waals surface area contributed by atoms with Crippen LogP contribution >= 0.6 is 11.6 Å². The lowest BCUT2D eigenvalue weighted by Crippen LogP contribution is -2.41. The average molecular weight is 583 g/mol. The second-order valence-electron chi connectivity index (χ2n) is 9.89. The SMILES string of the molecule is CC#CCOC(=N)N1CCc2c([nH]c3ccc(Cl)cc23)C1c1ccc(OCC(O)CN(CCOC)CCOC)cc1. The molecule has 0 saturated carbocycles. The zero-order valence-corrected chi connectivity index (χ0v) is 24.7. The van der Waals surface area contributed by atoms with Gasteiger partial charge in [-0.25, -0.2) is 0 Å². The van der Waals surface area contributed by atoms with Crippen molar-refractivity contribution in [3.8, 4) is 17.6 Å². The molecule has 0 radical (unpaired) electrons. The van der Waals surface area contributed by atoms with Crippen LogP contribution < -0.4 is 4.74 Å². The molecule has 2 heterocycles. The Morgan fingerprint density at radius 3 is 2.59 bits per heavy atom. The van der Waals surface area contributed by atoms with Gasteiger partial charge in [-0.2, -0.15) is 0 Å². The third-order valence-electron chi connectivity index (χ3n) is 7.14. The van der Waals surface area contributed by atoms with Gasteiger partial charge < -0.3 is 33.9 Å². The fourth-order valence-electron chi connectivity index (χ4n) is 5.11. The predicted molar refractivity (Wildman–Crippen MR) is 161 cm³/mol. The number of aliphatic hydroxyl groups is 1. The number of benzene rings is 2. The van der Waals surface area contributed by atoms with E-state index in [9.17, 15) is 5.11 Å². The quantitative estimate of drug-likeness (QED) is 0.159. The first-order valence-electron chi connectivity index (χ1n) is 13.7. The fourth-order valence-corrected chi connectivity index (χ4v) is 5.28. The van der Waals surface area contributed by atoms with E-state index in [1.807, 2.05) is 47.4 Å². The van der Waals surface area contributed by atoms with Gasteiger partial charge in [-0.1, -0.05) is 29.7 Å². The van der Waals surface area contributed by atoms with E-state index in [0.29, 0.717) is 50.2 Å². The molecule has 0 spiro atoms. The van der Waals surface area contributed by atoms with Crippen LogP contribution in [-0.4, -0.2) is 98.8 Å². The Balaban J connectivity index is 1.50. The summed E-state index contributed by atoms with van der Waals surface area (Å²) in [7, 11) is 3.33. The first kappa shape index (κ1) is 30.7. The molecule has 4 rings (SSSR count). The van der Waals surface area contributed by atoms with Gasteiger partial charge in [-0.05, 0) is 54.8 Å². The molecule has 0 saturated heterocycles. The van der Waals surface area contributed by atoms with E-state index in [-0.39, 0.29) is 25.3 Å². The first-order chi connectivity index (χ1) is 19.9. The van der Waals surface area contributed by atoms with Crippen LogP contribution in [-0.2, 0) is 20.6 Å². The minimum absolute atomic E-state index is 0.0787. The number of aliphatic hydroxyl groups excluding tert-OH is 1. The number of fused-ring (bicyclic) bond motifs is 3. The number of aromatic nitrogens is 1. The molecule has 10 heteroatoms. The Morgan fingerprint density at radius 1 is 1.17 bits per heavy atom. The van der Waals surface area contributed by atoms with Crippen LogP contribution in [0.15, 0.2) is 42.5 Å². The summed E-state index contributed by atoms with van der Waals surface area (Å²) in [6.45, 7) is 5.71. The molecule has 2 unspecified atom stereocenters. The lowest BCUT2D eigenvalue weighted by molar-refractivity contribution is 0.0460. The number of hydrogen-bond donors (Lipinski definition) is 3. The van der Waals surface area contributed by atoms with E-state index in [4.69, 9.17) is 36.0 Å². The average Bonchev–Trinajstić information content (AvgIpc) is 3.35. The van der Waals surface area contributed by atoms with Crippen LogP contribution in [0.25, 0.3) is 10.9 Å². The molecule has 220 valence electrons. The minimum atomic E-state index is -0.665. The summed E-state index contributed by atoms with van der Waals surface area (Å²) in [5.74, 6) is 6.33. The molecule has 1 aromatic heterocycles. The second kappa shape index (κ2) is 15.1. The maximum Gasteiger partial charge on any atom is 0.286 e. The molecule has 0 bridgehead atoms. The van der Waals surface area contributed by atoms with E-state index < -0.39 is 6.10 Å². The predicted octanol–water partition coefficient (Wildman–Crippen LogP) is 4.08. The monoisotopic (exact) mass is 582 g/mol. The van der Waals surface area contributed by atoms with Gasteiger partial charge in [0, 0.05) is 62.0 Å². The topological polar surface area (TPSA) is 103 Å². The number of H-pyrrole nitrogens is 1. The standard InChI is InChI=1S/C31H39ClN4O5/c1-4-5-16-40-31(33)36-13-12-26-27-19-23(32)8-11-28(27)34-29(26)30(36)22-6-9-25(10-7-22)41-21-24(37)20-35(14-17-38-2)15-18-39-3/h6-11,19,24,30,33-34,37H,12-18,20-21H2,1-3H3. The van der Waals surface area contributed by atoms with Crippen molar-refractivity contribution in [2.24, 2.45) is 0 Å². The summed E-state index contributed by atoms with van der Waals surface area (Å²) < 4.78 is 22.0. The van der Waals surface area contributed by atoms with Crippen molar-refractivity contribution in [1.82, 2.24) is 14.8 Å². The number of hydrogen-bond acceptors (Lipinski definition) is 7. The van der Waals surface area contributed by atoms with E-state index >= 15 is 0 Å². The minimum Gasteiger partial charge on any atom is -0.491 e. The first-order valence-corrected chi connectivity index (χ1v) is 14.1. The van der Waals surface area contributed by atoms with Crippen LogP contribution in [0.4, 0.5) is 0 Å². The molecule has 0 amide bonds. The largest absolute Gasteiger partial charge is 0.491 e. The summed E-state index contributed by atoms with van der Waals surface area (Å²) in [5, 5.41) is 21.1. The number of rotatable bonds is 13. The van der Waals surface area contributed by atoms with E-state index in [0.717, 1.165) is 28.6 Å². The maximum absolute atomic E-state index is 10.6. The van der Waals surface area contributed by atoms with Crippen LogP contribution in [0.3, 0.4) is 0 Å². The van der Waals surface area contributed by atoms with Crippen molar-refractivity contribution >= 4 is 28.5 Å². The lowest BCUT2D eigenvalue weighted by atomic mass is 9.92. The lowest BCUT2D eigenvalue weighted by Gasteiger charge is -2.36. The Kier molecular flexibility index (Phi) is 11.3. The van der Waals surface area contributed by atoms with Crippen molar-refractivity contribution in [3.63, 3.8) is 0 Å². The summed E-state index contributed by atoms with van der Waals surface area (Å²) in [6, 6.07) is 13.5. The van der Waals surface area contributed by atoms with Gasteiger partial charge in [-0.15, -0.1) is 5.92 Å². The molecule has 3 aromatic rings. The van der Waals surface area contributed by atoms with Crippen molar-refractivity contribution in [2.45, 2.75) is 25.5 Å². The smallest absolute Gasteiger partial charge is 0.286 e. The molecule has 1 aliphatic rings. The molecule has 3 N–H and O–H groups in total. The Labute approximate surface area is 246 Å². The van der Waals surface area contributed by atoms with Crippen molar-refractivity contribution in [2.75, 3.05) is 66.8 Å².